The largest absolute Gasteiger partial charge is 0.490 e. The molecule has 23 heavy (non-hydrogen) atoms. The van der Waals surface area contributed by atoms with Crippen molar-refractivity contribution in [3.8, 4) is 11.5 Å². The van der Waals surface area contributed by atoms with Gasteiger partial charge in [-0.3, -0.25) is 0 Å². The first-order chi connectivity index (χ1) is 11.0. The number of hydrogen-bond donors (Lipinski definition) is 2. The van der Waals surface area contributed by atoms with Gasteiger partial charge in [-0.1, -0.05) is 6.92 Å². The fourth-order valence-electron chi connectivity index (χ4n) is 2.87. The molecule has 0 aromatic heterocycles. The van der Waals surface area contributed by atoms with Crippen molar-refractivity contribution < 1.29 is 17.9 Å². The van der Waals surface area contributed by atoms with Crippen LogP contribution in [0.2, 0.25) is 0 Å². The van der Waals surface area contributed by atoms with Crippen molar-refractivity contribution in [3.05, 3.63) is 18.2 Å². The molecular weight excluding hydrogens is 316 g/mol. The van der Waals surface area contributed by atoms with Crippen LogP contribution in [0.3, 0.4) is 0 Å². The molecule has 2 heterocycles. The van der Waals surface area contributed by atoms with Crippen LogP contribution in [0.4, 0.5) is 0 Å². The monoisotopic (exact) mass is 340 g/mol. The highest BCUT2D eigenvalue weighted by Gasteiger charge is 2.29. The highest BCUT2D eigenvalue weighted by atomic mass is 32.2. The zero-order valence-electron chi connectivity index (χ0n) is 13.4. The van der Waals surface area contributed by atoms with Gasteiger partial charge in [0, 0.05) is 19.0 Å². The smallest absolute Gasteiger partial charge is 0.240 e. The van der Waals surface area contributed by atoms with Crippen molar-refractivity contribution >= 4 is 10.0 Å². The molecule has 2 aliphatic heterocycles. The molecule has 0 bridgehead atoms. The number of nitrogens with one attached hydrogen (secondary N) is 2. The van der Waals surface area contributed by atoms with Crippen LogP contribution in [0.5, 0.6) is 11.5 Å². The summed E-state index contributed by atoms with van der Waals surface area (Å²) in [6.45, 7) is 5.57. The first-order valence-electron chi connectivity index (χ1n) is 8.09. The molecule has 0 atom stereocenters. The van der Waals surface area contributed by atoms with Crippen LogP contribution < -0.4 is 19.5 Å². The Labute approximate surface area is 137 Å². The maximum Gasteiger partial charge on any atom is 0.240 e. The summed E-state index contributed by atoms with van der Waals surface area (Å²) in [6.07, 6.45) is 2.73. The molecule has 0 radical (unpaired) electrons. The van der Waals surface area contributed by atoms with Crippen molar-refractivity contribution in [2.75, 3.05) is 32.8 Å². The minimum Gasteiger partial charge on any atom is -0.490 e. The average Bonchev–Trinajstić information content (AvgIpc) is 2.78. The molecule has 2 N–H and O–H groups in total. The van der Waals surface area contributed by atoms with Gasteiger partial charge in [0.1, 0.15) is 0 Å². The molecule has 0 aliphatic carbocycles. The summed E-state index contributed by atoms with van der Waals surface area (Å²) in [5, 5.41) is 3.30. The van der Waals surface area contributed by atoms with Crippen LogP contribution in [0.15, 0.2) is 23.1 Å². The number of hydrogen-bond acceptors (Lipinski definition) is 5. The molecular formula is C16H24N2O4S. The van der Waals surface area contributed by atoms with Crippen LogP contribution in [0, 0.1) is 5.41 Å². The van der Waals surface area contributed by atoms with Crippen LogP contribution in [0.25, 0.3) is 0 Å². The Morgan fingerprint density at radius 1 is 1.17 bits per heavy atom. The van der Waals surface area contributed by atoms with E-state index in [2.05, 4.69) is 17.0 Å². The first-order valence-corrected chi connectivity index (χ1v) is 9.57. The first kappa shape index (κ1) is 16.5. The molecule has 0 saturated carbocycles. The fraction of sp³-hybridized carbons (Fsp3) is 0.625. The molecule has 0 spiro atoms. The maximum absolute atomic E-state index is 12.6. The molecule has 1 aromatic rings. The molecule has 2 aliphatic rings. The normalized spacial score (nSPS) is 20.7. The summed E-state index contributed by atoms with van der Waals surface area (Å²) in [6, 6.07) is 4.79. The molecule has 1 fully saturated rings. The summed E-state index contributed by atoms with van der Waals surface area (Å²) in [5.41, 5.74) is 0.00359. The van der Waals surface area contributed by atoms with Gasteiger partial charge < -0.3 is 14.8 Å². The van der Waals surface area contributed by atoms with E-state index in [-0.39, 0.29) is 10.3 Å². The quantitative estimate of drug-likeness (QED) is 0.869. The second kappa shape index (κ2) is 6.67. The Bertz CT molecular complexity index is 654. The summed E-state index contributed by atoms with van der Waals surface area (Å²) in [5.74, 6) is 1.10. The lowest BCUT2D eigenvalue weighted by molar-refractivity contribution is 0.232. The topological polar surface area (TPSA) is 76.7 Å². The molecule has 0 amide bonds. The van der Waals surface area contributed by atoms with Crippen LogP contribution in [0.1, 0.15) is 26.2 Å². The van der Waals surface area contributed by atoms with Crippen molar-refractivity contribution in [3.63, 3.8) is 0 Å². The van der Waals surface area contributed by atoms with Crippen LogP contribution >= 0.6 is 0 Å². The number of benzene rings is 1. The maximum atomic E-state index is 12.6. The van der Waals surface area contributed by atoms with E-state index in [9.17, 15) is 8.42 Å². The van der Waals surface area contributed by atoms with E-state index in [1.165, 1.54) is 0 Å². The van der Waals surface area contributed by atoms with E-state index >= 15 is 0 Å². The molecule has 1 aromatic carbocycles. The van der Waals surface area contributed by atoms with Gasteiger partial charge in [0.15, 0.2) is 11.5 Å². The molecule has 128 valence electrons. The van der Waals surface area contributed by atoms with Crippen LogP contribution in [-0.4, -0.2) is 41.3 Å². The Hall–Kier alpha value is -1.31. The van der Waals surface area contributed by atoms with Crippen molar-refractivity contribution in [1.29, 1.82) is 0 Å². The lowest BCUT2D eigenvalue weighted by Crippen LogP contribution is -2.42. The van der Waals surface area contributed by atoms with Crippen molar-refractivity contribution in [1.82, 2.24) is 10.0 Å². The second-order valence-electron chi connectivity index (χ2n) is 6.54. The van der Waals surface area contributed by atoms with Gasteiger partial charge in [0.25, 0.3) is 0 Å². The van der Waals surface area contributed by atoms with Gasteiger partial charge >= 0.3 is 0 Å². The Morgan fingerprint density at radius 3 is 2.61 bits per heavy atom. The van der Waals surface area contributed by atoms with Gasteiger partial charge in [-0.25, -0.2) is 13.1 Å². The molecule has 1 saturated heterocycles. The minimum absolute atomic E-state index is 0.00359. The number of rotatable bonds is 4. The predicted octanol–water partition coefficient (Wildman–Crippen LogP) is 1.52. The van der Waals surface area contributed by atoms with Gasteiger partial charge in [-0.15, -0.1) is 0 Å². The molecule has 7 heteroatoms. The van der Waals surface area contributed by atoms with E-state index < -0.39 is 10.0 Å². The Morgan fingerprint density at radius 2 is 1.87 bits per heavy atom. The van der Waals surface area contributed by atoms with E-state index in [0.717, 1.165) is 32.4 Å². The minimum atomic E-state index is -3.55. The SMILES string of the molecule is CC1(CNS(=O)(=O)c2ccc3c(c2)OCCCO3)CCNCC1. The number of piperidine rings is 1. The fourth-order valence-corrected chi connectivity index (χ4v) is 4.08. The predicted molar refractivity (Wildman–Crippen MR) is 87.4 cm³/mol. The van der Waals surface area contributed by atoms with E-state index in [0.29, 0.717) is 31.3 Å². The number of fused-ring (bicyclic) bond motifs is 1. The number of ether oxygens (including phenoxy) is 2. The summed E-state index contributed by atoms with van der Waals surface area (Å²) in [7, 11) is -3.55. The molecule has 0 unspecified atom stereocenters. The van der Waals surface area contributed by atoms with E-state index in [1.54, 1.807) is 18.2 Å². The van der Waals surface area contributed by atoms with Gasteiger partial charge in [0.05, 0.1) is 18.1 Å². The third-order valence-electron chi connectivity index (χ3n) is 4.53. The van der Waals surface area contributed by atoms with E-state index in [1.807, 2.05) is 0 Å². The lowest BCUT2D eigenvalue weighted by atomic mass is 9.81. The van der Waals surface area contributed by atoms with Crippen LogP contribution in [-0.2, 0) is 10.0 Å². The zero-order chi connectivity index (χ0) is 16.3. The Balaban J connectivity index is 1.73. The van der Waals surface area contributed by atoms with Gasteiger partial charge in [-0.2, -0.15) is 0 Å². The number of sulfonamides is 1. The lowest BCUT2D eigenvalue weighted by Gasteiger charge is -2.34. The third kappa shape index (κ3) is 3.97. The van der Waals surface area contributed by atoms with Crippen molar-refractivity contribution in [2.45, 2.75) is 31.1 Å². The summed E-state index contributed by atoms with van der Waals surface area (Å²) in [4.78, 5) is 0.222. The highest BCUT2D eigenvalue weighted by molar-refractivity contribution is 7.89. The summed E-state index contributed by atoms with van der Waals surface area (Å²) < 4.78 is 39.0. The third-order valence-corrected chi connectivity index (χ3v) is 5.93. The van der Waals surface area contributed by atoms with Gasteiger partial charge in [0.2, 0.25) is 10.0 Å². The average molecular weight is 340 g/mol. The standard InChI is InChI=1S/C16H24N2O4S/c1-16(5-7-17-8-6-16)12-18-23(19,20)13-3-4-14-15(11-13)22-10-2-9-21-14/h3-4,11,17-18H,2,5-10,12H2,1H3. The van der Waals surface area contributed by atoms with E-state index in [4.69, 9.17) is 9.47 Å². The zero-order valence-corrected chi connectivity index (χ0v) is 14.2. The van der Waals surface area contributed by atoms with Crippen molar-refractivity contribution in [2.24, 2.45) is 5.41 Å². The molecule has 6 nitrogen and oxygen atoms in total. The Kier molecular flexibility index (Phi) is 4.79. The second-order valence-corrected chi connectivity index (χ2v) is 8.31. The highest BCUT2D eigenvalue weighted by Crippen LogP contribution is 2.32. The summed E-state index contributed by atoms with van der Waals surface area (Å²) >= 11 is 0. The van der Waals surface area contributed by atoms with Gasteiger partial charge in [-0.05, 0) is 43.5 Å². The molecule has 3 rings (SSSR count).